The first-order valence-corrected chi connectivity index (χ1v) is 10.8. The smallest absolute Gasteiger partial charge is 0.276 e. The Hall–Kier alpha value is -3.88. The highest BCUT2D eigenvalue weighted by atomic mass is 16.2. The van der Waals surface area contributed by atoms with Crippen LogP contribution in [0.5, 0.6) is 0 Å². The van der Waals surface area contributed by atoms with Crippen molar-refractivity contribution in [3.05, 3.63) is 66.3 Å². The minimum atomic E-state index is -0.419. The standard InChI is InChI=1S/C23H23N7O2/c31-22(28-15-2-1-3-15)17-8-9-24-12-20(17)30-23(32)21-19(27-16-10-25-13-26-11-16)7-6-18(29-21)14-4-5-14/h6-15,27H,1-5H2,(H,28,31)(H,30,32). The third-order valence-corrected chi connectivity index (χ3v) is 5.72. The second-order valence-corrected chi connectivity index (χ2v) is 8.14. The minimum absolute atomic E-state index is 0.194. The van der Waals surface area contributed by atoms with Gasteiger partial charge in [-0.1, -0.05) is 0 Å². The van der Waals surface area contributed by atoms with Crippen LogP contribution >= 0.6 is 0 Å². The van der Waals surface area contributed by atoms with Gasteiger partial charge in [-0.25, -0.2) is 15.0 Å². The molecule has 0 aromatic carbocycles. The van der Waals surface area contributed by atoms with Crippen molar-refractivity contribution >= 4 is 28.9 Å². The van der Waals surface area contributed by atoms with Gasteiger partial charge >= 0.3 is 0 Å². The largest absolute Gasteiger partial charge is 0.351 e. The molecule has 162 valence electrons. The number of aromatic nitrogens is 4. The molecule has 0 atom stereocenters. The highest BCUT2D eigenvalue weighted by Crippen LogP contribution is 2.39. The summed E-state index contributed by atoms with van der Waals surface area (Å²) in [7, 11) is 0. The van der Waals surface area contributed by atoms with Crippen LogP contribution < -0.4 is 16.0 Å². The molecule has 3 heterocycles. The van der Waals surface area contributed by atoms with Crippen LogP contribution in [-0.4, -0.2) is 37.8 Å². The molecular weight excluding hydrogens is 406 g/mol. The summed E-state index contributed by atoms with van der Waals surface area (Å²) in [6.07, 6.45) is 12.9. The van der Waals surface area contributed by atoms with Gasteiger partial charge in [0.2, 0.25) is 0 Å². The van der Waals surface area contributed by atoms with Crippen LogP contribution in [0, 0.1) is 0 Å². The molecule has 3 aromatic heterocycles. The number of amides is 2. The summed E-state index contributed by atoms with van der Waals surface area (Å²) in [5.41, 5.74) is 3.04. The van der Waals surface area contributed by atoms with Crippen molar-refractivity contribution in [1.29, 1.82) is 0 Å². The fourth-order valence-corrected chi connectivity index (χ4v) is 3.56. The molecular formula is C23H23N7O2. The Morgan fingerprint density at radius 3 is 2.41 bits per heavy atom. The summed E-state index contributed by atoms with van der Waals surface area (Å²) in [6, 6.07) is 5.58. The van der Waals surface area contributed by atoms with E-state index in [9.17, 15) is 9.59 Å². The Bertz CT molecular complexity index is 1140. The first-order chi connectivity index (χ1) is 15.7. The number of anilines is 3. The molecule has 2 aliphatic carbocycles. The summed E-state index contributed by atoms with van der Waals surface area (Å²) in [4.78, 5) is 42.7. The zero-order valence-corrected chi connectivity index (χ0v) is 17.4. The zero-order valence-electron chi connectivity index (χ0n) is 17.4. The third-order valence-electron chi connectivity index (χ3n) is 5.72. The number of nitrogens with one attached hydrogen (secondary N) is 3. The molecule has 0 spiro atoms. The molecule has 5 rings (SSSR count). The highest BCUT2D eigenvalue weighted by molar-refractivity contribution is 6.10. The van der Waals surface area contributed by atoms with Gasteiger partial charge in [-0.05, 0) is 50.3 Å². The van der Waals surface area contributed by atoms with Crippen LogP contribution in [0.2, 0.25) is 0 Å². The molecule has 0 saturated heterocycles. The average Bonchev–Trinajstić information content (AvgIpc) is 3.63. The Kier molecular flexibility index (Phi) is 5.45. The number of nitrogens with zero attached hydrogens (tertiary/aromatic N) is 4. The summed E-state index contributed by atoms with van der Waals surface area (Å²) in [5, 5.41) is 9.00. The summed E-state index contributed by atoms with van der Waals surface area (Å²) in [6.45, 7) is 0. The van der Waals surface area contributed by atoms with E-state index in [0.717, 1.165) is 37.8 Å². The first kappa shape index (κ1) is 20.0. The Morgan fingerprint density at radius 2 is 1.69 bits per heavy atom. The van der Waals surface area contributed by atoms with Crippen LogP contribution in [0.3, 0.4) is 0 Å². The van der Waals surface area contributed by atoms with Crippen molar-refractivity contribution in [3.8, 4) is 0 Å². The van der Waals surface area contributed by atoms with Gasteiger partial charge in [0, 0.05) is 23.9 Å². The lowest BCUT2D eigenvalue weighted by atomic mass is 9.93. The summed E-state index contributed by atoms with van der Waals surface area (Å²) in [5.74, 6) is -0.248. The second kappa shape index (κ2) is 8.70. The lowest BCUT2D eigenvalue weighted by Gasteiger charge is -2.26. The van der Waals surface area contributed by atoms with E-state index >= 15 is 0 Å². The Balaban J connectivity index is 1.41. The Labute approximate surface area is 185 Å². The van der Waals surface area contributed by atoms with Crippen LogP contribution in [0.25, 0.3) is 0 Å². The van der Waals surface area contributed by atoms with Gasteiger partial charge in [-0.15, -0.1) is 0 Å². The van der Waals surface area contributed by atoms with E-state index in [0.29, 0.717) is 28.5 Å². The number of hydrogen-bond acceptors (Lipinski definition) is 7. The van der Waals surface area contributed by atoms with E-state index in [1.807, 2.05) is 12.1 Å². The van der Waals surface area contributed by atoms with E-state index < -0.39 is 5.91 Å². The second-order valence-electron chi connectivity index (χ2n) is 8.14. The molecule has 9 nitrogen and oxygen atoms in total. The van der Waals surface area contributed by atoms with E-state index in [1.165, 1.54) is 12.5 Å². The number of pyridine rings is 2. The zero-order chi connectivity index (χ0) is 21.9. The van der Waals surface area contributed by atoms with E-state index in [-0.39, 0.29) is 17.6 Å². The van der Waals surface area contributed by atoms with Crippen molar-refractivity contribution in [2.75, 3.05) is 10.6 Å². The normalized spacial score (nSPS) is 15.5. The fourth-order valence-electron chi connectivity index (χ4n) is 3.56. The third kappa shape index (κ3) is 4.41. The summed E-state index contributed by atoms with van der Waals surface area (Å²) >= 11 is 0. The van der Waals surface area contributed by atoms with E-state index in [1.54, 1.807) is 24.7 Å². The lowest BCUT2D eigenvalue weighted by Crippen LogP contribution is -2.39. The number of carbonyl (C=O) groups excluding carboxylic acids is 2. The molecule has 0 aliphatic heterocycles. The monoisotopic (exact) mass is 429 g/mol. The molecule has 3 aromatic rings. The van der Waals surface area contributed by atoms with E-state index in [4.69, 9.17) is 0 Å². The van der Waals surface area contributed by atoms with Gasteiger partial charge in [0.1, 0.15) is 6.33 Å². The highest BCUT2D eigenvalue weighted by Gasteiger charge is 2.27. The SMILES string of the molecule is O=C(NC1CCC1)c1ccncc1NC(=O)c1nc(C2CC2)ccc1Nc1cncnc1. The average molecular weight is 429 g/mol. The van der Waals surface area contributed by atoms with Crippen molar-refractivity contribution in [2.45, 2.75) is 44.1 Å². The van der Waals surface area contributed by atoms with Gasteiger partial charge in [-0.3, -0.25) is 14.6 Å². The minimum Gasteiger partial charge on any atom is -0.351 e. The van der Waals surface area contributed by atoms with Crippen LogP contribution in [-0.2, 0) is 0 Å². The van der Waals surface area contributed by atoms with Gasteiger partial charge in [-0.2, -0.15) is 0 Å². The molecule has 3 N–H and O–H groups in total. The molecule has 0 bridgehead atoms. The molecule has 2 fully saturated rings. The number of hydrogen-bond donors (Lipinski definition) is 3. The van der Waals surface area contributed by atoms with Gasteiger partial charge in [0.05, 0.1) is 41.2 Å². The maximum Gasteiger partial charge on any atom is 0.276 e. The van der Waals surface area contributed by atoms with Gasteiger partial charge < -0.3 is 16.0 Å². The predicted molar refractivity (Wildman–Crippen MR) is 119 cm³/mol. The van der Waals surface area contributed by atoms with Crippen LogP contribution in [0.1, 0.15) is 64.6 Å². The Morgan fingerprint density at radius 1 is 0.875 bits per heavy atom. The molecule has 0 radical (unpaired) electrons. The maximum atomic E-state index is 13.3. The lowest BCUT2D eigenvalue weighted by molar-refractivity contribution is 0.0918. The number of carbonyl (C=O) groups is 2. The maximum absolute atomic E-state index is 13.3. The molecule has 0 unspecified atom stereocenters. The number of rotatable bonds is 7. The van der Waals surface area contributed by atoms with Crippen LogP contribution in [0.15, 0.2) is 49.3 Å². The van der Waals surface area contributed by atoms with Crippen molar-refractivity contribution in [1.82, 2.24) is 25.3 Å². The molecule has 2 saturated carbocycles. The molecule has 9 heteroatoms. The molecule has 2 aliphatic rings. The molecule has 2 amide bonds. The van der Waals surface area contributed by atoms with Crippen molar-refractivity contribution < 1.29 is 9.59 Å². The molecule has 32 heavy (non-hydrogen) atoms. The fraction of sp³-hybridized carbons (Fsp3) is 0.304. The van der Waals surface area contributed by atoms with Crippen LogP contribution in [0.4, 0.5) is 17.1 Å². The first-order valence-electron chi connectivity index (χ1n) is 10.8. The predicted octanol–water partition coefficient (Wildman–Crippen LogP) is 3.42. The van der Waals surface area contributed by atoms with Crippen molar-refractivity contribution in [3.63, 3.8) is 0 Å². The summed E-state index contributed by atoms with van der Waals surface area (Å²) < 4.78 is 0. The van der Waals surface area contributed by atoms with Gasteiger partial charge in [0.15, 0.2) is 5.69 Å². The topological polar surface area (TPSA) is 122 Å². The van der Waals surface area contributed by atoms with Gasteiger partial charge in [0.25, 0.3) is 11.8 Å². The van der Waals surface area contributed by atoms with E-state index in [2.05, 4.69) is 35.9 Å². The van der Waals surface area contributed by atoms with Crippen molar-refractivity contribution in [2.24, 2.45) is 0 Å². The quantitative estimate of drug-likeness (QED) is 0.526.